The zero-order valence-electron chi connectivity index (χ0n) is 18.2. The molecule has 0 unspecified atom stereocenters. The number of rotatable bonds is 8. The van der Waals surface area contributed by atoms with Crippen molar-refractivity contribution in [2.75, 3.05) is 23.3 Å². The van der Waals surface area contributed by atoms with Crippen LogP contribution < -0.4 is 16.0 Å². The fourth-order valence-corrected chi connectivity index (χ4v) is 4.07. The molecular formula is C24H26ClN5O3. The molecule has 0 aliphatic carbocycles. The molecule has 2 aromatic carbocycles. The molecule has 0 bridgehead atoms. The van der Waals surface area contributed by atoms with Crippen LogP contribution in [0.2, 0.25) is 5.02 Å². The third-order valence-electron chi connectivity index (χ3n) is 5.78. The number of carbonyl (C=O) groups is 2. The fraction of sp³-hybridized carbons (Fsp3) is 0.333. The maximum absolute atomic E-state index is 12.6. The summed E-state index contributed by atoms with van der Waals surface area (Å²) in [6.07, 6.45) is 2.87. The highest BCUT2D eigenvalue weighted by Gasteiger charge is 2.24. The van der Waals surface area contributed by atoms with Gasteiger partial charge in [0.1, 0.15) is 0 Å². The Hall–Kier alpha value is -3.39. The number of nitrogens with one attached hydrogen (secondary N) is 1. The van der Waals surface area contributed by atoms with Crippen LogP contribution >= 0.6 is 11.6 Å². The van der Waals surface area contributed by atoms with E-state index < -0.39 is 0 Å². The first-order valence-corrected chi connectivity index (χ1v) is 11.4. The zero-order chi connectivity index (χ0) is 23.2. The number of piperidine rings is 1. The number of amides is 2. The van der Waals surface area contributed by atoms with Gasteiger partial charge in [-0.1, -0.05) is 28.9 Å². The molecule has 3 N–H and O–H groups in total. The van der Waals surface area contributed by atoms with E-state index >= 15 is 0 Å². The quantitative estimate of drug-likeness (QED) is 0.516. The summed E-state index contributed by atoms with van der Waals surface area (Å²) in [6, 6.07) is 14.9. The van der Waals surface area contributed by atoms with Crippen molar-refractivity contribution < 1.29 is 14.1 Å². The monoisotopic (exact) mass is 467 g/mol. The second kappa shape index (κ2) is 10.5. The van der Waals surface area contributed by atoms with E-state index in [9.17, 15) is 9.59 Å². The van der Waals surface area contributed by atoms with Crippen molar-refractivity contribution in [2.45, 2.75) is 32.1 Å². The topological polar surface area (TPSA) is 114 Å². The lowest BCUT2D eigenvalue weighted by Gasteiger charge is -2.33. The van der Waals surface area contributed by atoms with Crippen molar-refractivity contribution in [3.05, 3.63) is 59.4 Å². The van der Waals surface area contributed by atoms with E-state index in [1.54, 1.807) is 12.1 Å². The largest absolute Gasteiger partial charge is 0.370 e. The van der Waals surface area contributed by atoms with Crippen LogP contribution in [-0.2, 0) is 16.0 Å². The Bertz CT molecular complexity index is 1110. The number of carbonyl (C=O) groups excluding carboxylic acids is 2. The summed E-state index contributed by atoms with van der Waals surface area (Å²) >= 11 is 5.91. The molecule has 2 heterocycles. The predicted molar refractivity (Wildman–Crippen MR) is 127 cm³/mol. The third-order valence-corrected chi connectivity index (χ3v) is 6.03. The summed E-state index contributed by atoms with van der Waals surface area (Å²) in [5.74, 6) is 0.600. The smallest absolute Gasteiger partial charge is 0.226 e. The number of aryl methyl sites for hydroxylation is 1. The van der Waals surface area contributed by atoms with Crippen LogP contribution in [0.1, 0.15) is 31.6 Å². The fourth-order valence-electron chi connectivity index (χ4n) is 3.95. The number of hydrogen-bond donors (Lipinski definition) is 2. The first-order chi connectivity index (χ1) is 16.0. The molecule has 0 atom stereocenters. The van der Waals surface area contributed by atoms with Crippen LogP contribution in [0.15, 0.2) is 53.1 Å². The number of nitrogens with two attached hydrogens (primary N) is 1. The number of aromatic nitrogens is 2. The second-order valence-electron chi connectivity index (χ2n) is 8.10. The highest BCUT2D eigenvalue weighted by Crippen LogP contribution is 2.30. The van der Waals surface area contributed by atoms with Crippen LogP contribution in [0.25, 0.3) is 11.4 Å². The van der Waals surface area contributed by atoms with Crippen molar-refractivity contribution in [1.82, 2.24) is 10.1 Å². The predicted octanol–water partition coefficient (Wildman–Crippen LogP) is 4.05. The van der Waals surface area contributed by atoms with Crippen LogP contribution in [0.4, 0.5) is 11.4 Å². The number of anilines is 2. The van der Waals surface area contributed by atoms with Crippen LogP contribution in [0.3, 0.4) is 0 Å². The van der Waals surface area contributed by atoms with Crippen LogP contribution in [0, 0.1) is 5.92 Å². The summed E-state index contributed by atoms with van der Waals surface area (Å²) in [6.45, 7) is 1.46. The Balaban J connectivity index is 1.29. The summed E-state index contributed by atoms with van der Waals surface area (Å²) in [4.78, 5) is 30.6. The van der Waals surface area contributed by atoms with Crippen molar-refractivity contribution in [3.63, 3.8) is 0 Å². The summed E-state index contributed by atoms with van der Waals surface area (Å²) in [5, 5.41) is 7.65. The van der Waals surface area contributed by atoms with E-state index in [-0.39, 0.29) is 17.7 Å². The van der Waals surface area contributed by atoms with E-state index in [2.05, 4.69) is 20.4 Å². The number of hydrogen-bond acceptors (Lipinski definition) is 6. The minimum Gasteiger partial charge on any atom is -0.370 e. The van der Waals surface area contributed by atoms with Gasteiger partial charge >= 0.3 is 0 Å². The van der Waals surface area contributed by atoms with Gasteiger partial charge in [-0.05, 0) is 55.7 Å². The standard InChI is InChI=1S/C24H26ClN5O3/c25-18-10-8-17(9-11-18)24-28-22(33-29-24)7-3-6-21(31)27-19-4-1-2-5-20(19)30-14-12-16(13-15-30)23(26)32/h1-2,4-5,8-11,16H,3,6-7,12-15H2,(H2,26,32)(H,27,31). The average molecular weight is 468 g/mol. The molecule has 4 rings (SSSR count). The number of halogens is 1. The van der Waals surface area contributed by atoms with E-state index in [1.807, 2.05) is 36.4 Å². The Kier molecular flexibility index (Phi) is 7.24. The molecule has 9 heteroatoms. The zero-order valence-corrected chi connectivity index (χ0v) is 18.9. The Morgan fingerprint density at radius 1 is 1.12 bits per heavy atom. The maximum Gasteiger partial charge on any atom is 0.226 e. The van der Waals surface area contributed by atoms with E-state index in [4.69, 9.17) is 21.9 Å². The number of para-hydroxylation sites is 2. The van der Waals surface area contributed by atoms with Gasteiger partial charge in [0.2, 0.25) is 23.5 Å². The average Bonchev–Trinajstić information content (AvgIpc) is 3.29. The van der Waals surface area contributed by atoms with Crippen molar-refractivity contribution in [2.24, 2.45) is 11.7 Å². The number of primary amides is 1. The maximum atomic E-state index is 12.6. The molecule has 33 heavy (non-hydrogen) atoms. The van der Waals surface area contributed by atoms with Gasteiger partial charge in [-0.25, -0.2) is 0 Å². The van der Waals surface area contributed by atoms with Crippen molar-refractivity contribution in [1.29, 1.82) is 0 Å². The van der Waals surface area contributed by atoms with Gasteiger partial charge < -0.3 is 20.5 Å². The van der Waals surface area contributed by atoms with Gasteiger partial charge in [-0.15, -0.1) is 0 Å². The summed E-state index contributed by atoms with van der Waals surface area (Å²) in [7, 11) is 0. The molecule has 1 aromatic heterocycles. The van der Waals surface area contributed by atoms with Gasteiger partial charge in [0.25, 0.3) is 0 Å². The van der Waals surface area contributed by atoms with Gasteiger partial charge in [0.15, 0.2) is 0 Å². The highest BCUT2D eigenvalue weighted by molar-refractivity contribution is 6.30. The molecule has 0 saturated carbocycles. The van der Waals surface area contributed by atoms with Crippen molar-refractivity contribution in [3.8, 4) is 11.4 Å². The Morgan fingerprint density at radius 2 is 1.85 bits per heavy atom. The summed E-state index contributed by atoms with van der Waals surface area (Å²) < 4.78 is 5.31. The molecule has 172 valence electrons. The number of benzene rings is 2. The molecule has 1 saturated heterocycles. The van der Waals surface area contributed by atoms with E-state index in [0.29, 0.717) is 36.0 Å². The van der Waals surface area contributed by atoms with Gasteiger partial charge in [0, 0.05) is 42.4 Å². The lowest BCUT2D eigenvalue weighted by Crippen LogP contribution is -2.38. The minimum absolute atomic E-state index is 0.0760. The molecular weight excluding hydrogens is 442 g/mol. The molecule has 0 spiro atoms. The molecule has 2 amide bonds. The normalized spacial score (nSPS) is 14.3. The van der Waals surface area contributed by atoms with Crippen molar-refractivity contribution >= 4 is 34.8 Å². The second-order valence-corrected chi connectivity index (χ2v) is 8.54. The lowest BCUT2D eigenvalue weighted by atomic mass is 9.96. The van der Waals surface area contributed by atoms with Crippen LogP contribution in [-0.4, -0.2) is 35.0 Å². The molecule has 3 aromatic rings. The summed E-state index contributed by atoms with van der Waals surface area (Å²) in [5.41, 5.74) is 7.98. The third kappa shape index (κ3) is 5.90. The molecule has 8 nitrogen and oxygen atoms in total. The molecule has 0 radical (unpaired) electrons. The van der Waals surface area contributed by atoms with Crippen LogP contribution in [0.5, 0.6) is 0 Å². The molecule has 1 fully saturated rings. The number of nitrogens with zero attached hydrogens (tertiary/aromatic N) is 3. The molecule has 1 aliphatic rings. The first kappa shape index (κ1) is 22.8. The SMILES string of the molecule is NC(=O)C1CCN(c2ccccc2NC(=O)CCCc2nc(-c3ccc(Cl)cc3)no2)CC1. The lowest BCUT2D eigenvalue weighted by molar-refractivity contribution is -0.122. The molecule has 1 aliphatic heterocycles. The van der Waals surface area contributed by atoms with E-state index in [1.165, 1.54) is 0 Å². The van der Waals surface area contributed by atoms with Gasteiger partial charge in [-0.2, -0.15) is 4.98 Å². The minimum atomic E-state index is -0.238. The highest BCUT2D eigenvalue weighted by atomic mass is 35.5. The first-order valence-electron chi connectivity index (χ1n) is 11.0. The van der Waals surface area contributed by atoms with E-state index in [0.717, 1.165) is 42.9 Å². The Morgan fingerprint density at radius 3 is 2.58 bits per heavy atom. The Labute approximate surface area is 197 Å². The van der Waals surface area contributed by atoms with Gasteiger partial charge in [-0.3, -0.25) is 9.59 Å². The van der Waals surface area contributed by atoms with Gasteiger partial charge in [0.05, 0.1) is 11.4 Å².